The molecular formula is C18H18O3S. The van der Waals surface area contributed by atoms with Crippen LogP contribution in [0.15, 0.2) is 71.5 Å². The summed E-state index contributed by atoms with van der Waals surface area (Å²) in [4.78, 5) is 1.20. The molecule has 0 bridgehead atoms. The lowest BCUT2D eigenvalue weighted by atomic mass is 10.1. The van der Waals surface area contributed by atoms with Crippen molar-refractivity contribution in [3.63, 3.8) is 0 Å². The van der Waals surface area contributed by atoms with Gasteiger partial charge in [0.05, 0.1) is 0 Å². The molecule has 114 valence electrons. The predicted molar refractivity (Wildman–Crippen MR) is 88.7 cm³/mol. The minimum atomic E-state index is -1.38. The van der Waals surface area contributed by atoms with Crippen LogP contribution in [0.5, 0.6) is 11.5 Å². The van der Waals surface area contributed by atoms with Crippen molar-refractivity contribution in [2.75, 3.05) is 0 Å². The van der Waals surface area contributed by atoms with E-state index in [0.29, 0.717) is 33.8 Å². The highest BCUT2D eigenvalue weighted by Gasteiger charge is 2.18. The minimum absolute atomic E-state index is 0.165. The number of hydrogen-bond acceptors (Lipinski definition) is 3. The number of aromatic hydroxyl groups is 2. The van der Waals surface area contributed by atoms with E-state index in [-0.39, 0.29) is 11.5 Å². The number of rotatable bonds is 6. The summed E-state index contributed by atoms with van der Waals surface area (Å²) in [5, 5.41) is 19.6. The summed E-state index contributed by atoms with van der Waals surface area (Å²) in [5.74, 6) is 0.331. The average molecular weight is 314 g/mol. The Labute approximate surface area is 133 Å². The lowest BCUT2D eigenvalue weighted by Crippen LogP contribution is -2.03. The zero-order chi connectivity index (χ0) is 16.1. The lowest BCUT2D eigenvalue weighted by molar-refractivity contribution is 0.469. The molecule has 0 aliphatic rings. The molecule has 22 heavy (non-hydrogen) atoms. The molecular weight excluding hydrogens is 296 g/mol. The molecule has 2 rings (SSSR count). The summed E-state index contributed by atoms with van der Waals surface area (Å²) < 4.78 is 12.7. The molecule has 3 nitrogen and oxygen atoms in total. The maximum absolute atomic E-state index is 12.7. The summed E-state index contributed by atoms with van der Waals surface area (Å²) in [7, 11) is 0. The molecule has 0 unspecified atom stereocenters. The molecule has 4 heteroatoms. The Bertz CT molecular complexity index is 635. The van der Waals surface area contributed by atoms with Crippen molar-refractivity contribution in [3.8, 4) is 11.5 Å². The smallest absolute Gasteiger partial charge is 0.159 e. The number of hydrogen-bond donors (Lipinski definition) is 2. The van der Waals surface area contributed by atoms with Crippen molar-refractivity contribution in [2.24, 2.45) is 0 Å². The largest absolute Gasteiger partial charge is 0.606 e. The van der Waals surface area contributed by atoms with Crippen molar-refractivity contribution in [2.45, 2.75) is 22.6 Å². The lowest BCUT2D eigenvalue weighted by Gasteiger charge is -2.13. The Kier molecular flexibility index (Phi) is 5.31. The summed E-state index contributed by atoms with van der Waals surface area (Å²) in [6, 6.07) is 9.78. The van der Waals surface area contributed by atoms with Gasteiger partial charge in [-0.1, -0.05) is 12.2 Å². The fourth-order valence-corrected chi connectivity index (χ4v) is 3.28. The maximum atomic E-state index is 12.7. The number of phenolic OH excluding ortho intramolecular Hbond substituents is 2. The van der Waals surface area contributed by atoms with Crippen LogP contribution in [0.3, 0.4) is 0 Å². The number of benzene rings is 2. The Balaban J connectivity index is 2.37. The first-order valence-corrected chi connectivity index (χ1v) is 7.99. The van der Waals surface area contributed by atoms with E-state index in [4.69, 9.17) is 0 Å². The number of phenols is 2. The van der Waals surface area contributed by atoms with E-state index in [1.807, 2.05) is 0 Å². The van der Waals surface area contributed by atoms with Crippen molar-refractivity contribution in [1.82, 2.24) is 0 Å². The van der Waals surface area contributed by atoms with E-state index < -0.39 is 11.2 Å². The topological polar surface area (TPSA) is 63.5 Å². The van der Waals surface area contributed by atoms with Crippen molar-refractivity contribution in [1.29, 1.82) is 0 Å². The number of allylic oxidation sites excluding steroid dienone is 2. The van der Waals surface area contributed by atoms with E-state index in [1.165, 1.54) is 12.1 Å². The molecule has 0 aromatic heterocycles. The molecule has 0 atom stereocenters. The van der Waals surface area contributed by atoms with Gasteiger partial charge < -0.3 is 14.8 Å². The summed E-state index contributed by atoms with van der Waals surface area (Å²) in [5.41, 5.74) is 1.37. The van der Waals surface area contributed by atoms with Gasteiger partial charge in [0.25, 0.3) is 0 Å². The molecule has 2 aromatic carbocycles. The zero-order valence-corrected chi connectivity index (χ0v) is 13.0. The van der Waals surface area contributed by atoms with Gasteiger partial charge in [-0.15, -0.1) is 13.2 Å². The Morgan fingerprint density at radius 1 is 0.864 bits per heavy atom. The van der Waals surface area contributed by atoms with Gasteiger partial charge in [0.15, 0.2) is 9.79 Å². The fraction of sp³-hybridized carbons (Fsp3) is 0.111. The second kappa shape index (κ2) is 7.20. The molecule has 0 fully saturated rings. The molecule has 0 saturated carbocycles. The molecule has 0 aliphatic carbocycles. The third kappa shape index (κ3) is 3.53. The van der Waals surface area contributed by atoms with Crippen LogP contribution in [0.25, 0.3) is 0 Å². The van der Waals surface area contributed by atoms with Crippen molar-refractivity contribution < 1.29 is 14.8 Å². The van der Waals surface area contributed by atoms with Crippen LogP contribution in [0.2, 0.25) is 0 Å². The Morgan fingerprint density at radius 2 is 1.27 bits per heavy atom. The van der Waals surface area contributed by atoms with Crippen molar-refractivity contribution >= 4 is 11.2 Å². The van der Waals surface area contributed by atoms with Gasteiger partial charge in [-0.2, -0.15) is 0 Å². The highest BCUT2D eigenvalue weighted by molar-refractivity contribution is 7.91. The van der Waals surface area contributed by atoms with Gasteiger partial charge in [0.1, 0.15) is 11.5 Å². The molecule has 0 amide bonds. The van der Waals surface area contributed by atoms with Crippen LogP contribution in [-0.4, -0.2) is 14.8 Å². The van der Waals surface area contributed by atoms with Gasteiger partial charge in [0, 0.05) is 34.4 Å². The second-order valence-corrected chi connectivity index (χ2v) is 6.32. The highest BCUT2D eigenvalue weighted by atomic mass is 32.2. The molecule has 0 radical (unpaired) electrons. The molecule has 2 N–H and O–H groups in total. The Hall–Kier alpha value is -2.17. The van der Waals surface area contributed by atoms with Crippen LogP contribution in [-0.2, 0) is 24.0 Å². The minimum Gasteiger partial charge on any atom is -0.606 e. The fourth-order valence-electron chi connectivity index (χ4n) is 2.13. The Morgan fingerprint density at radius 3 is 1.64 bits per heavy atom. The quantitative estimate of drug-likeness (QED) is 0.631. The van der Waals surface area contributed by atoms with Crippen LogP contribution in [0.1, 0.15) is 11.1 Å². The monoisotopic (exact) mass is 314 g/mol. The first-order chi connectivity index (χ1) is 10.6. The molecule has 2 aromatic rings. The predicted octanol–water partition coefficient (Wildman–Crippen LogP) is 3.72. The van der Waals surface area contributed by atoms with Crippen molar-refractivity contribution in [3.05, 3.63) is 72.8 Å². The van der Waals surface area contributed by atoms with Crippen LogP contribution >= 0.6 is 0 Å². The van der Waals surface area contributed by atoms with E-state index in [9.17, 15) is 14.8 Å². The van der Waals surface area contributed by atoms with Crippen LogP contribution in [0, 0.1) is 0 Å². The third-order valence-electron chi connectivity index (χ3n) is 3.26. The van der Waals surface area contributed by atoms with E-state index in [2.05, 4.69) is 13.2 Å². The maximum Gasteiger partial charge on any atom is 0.159 e. The van der Waals surface area contributed by atoms with Gasteiger partial charge >= 0.3 is 0 Å². The first kappa shape index (κ1) is 16.2. The molecule has 0 heterocycles. The van der Waals surface area contributed by atoms with Gasteiger partial charge in [-0.05, 0) is 37.1 Å². The van der Waals surface area contributed by atoms with Gasteiger partial charge in [0.2, 0.25) is 0 Å². The standard InChI is InChI=1S/C18H18O3S/c1-3-5-13-11-15(7-9-17(13)19)22(21)16-8-10-18(20)14(12-16)6-4-2/h3-4,7-12,19-20H,1-2,5-6H2. The third-order valence-corrected chi connectivity index (χ3v) is 4.62. The highest BCUT2D eigenvalue weighted by Crippen LogP contribution is 2.29. The van der Waals surface area contributed by atoms with E-state index in [0.717, 1.165) is 0 Å². The van der Waals surface area contributed by atoms with Crippen LogP contribution < -0.4 is 0 Å². The summed E-state index contributed by atoms with van der Waals surface area (Å²) >= 11 is -1.38. The molecule has 0 spiro atoms. The van der Waals surface area contributed by atoms with Gasteiger partial charge in [-0.25, -0.2) is 0 Å². The van der Waals surface area contributed by atoms with E-state index >= 15 is 0 Å². The second-order valence-electron chi connectivity index (χ2n) is 4.84. The normalized spacial score (nSPS) is 10.6. The van der Waals surface area contributed by atoms with E-state index in [1.54, 1.807) is 36.4 Å². The average Bonchev–Trinajstić information content (AvgIpc) is 2.51. The zero-order valence-electron chi connectivity index (χ0n) is 12.2. The molecule has 0 aliphatic heterocycles. The molecule has 0 saturated heterocycles. The van der Waals surface area contributed by atoms with Gasteiger partial charge in [-0.3, -0.25) is 0 Å². The van der Waals surface area contributed by atoms with Crippen LogP contribution in [0.4, 0.5) is 0 Å². The first-order valence-electron chi connectivity index (χ1n) is 6.84. The SMILES string of the molecule is C=CCc1cc([S+]([O-])c2ccc(O)c(CC=C)c2)ccc1O. The summed E-state index contributed by atoms with van der Waals surface area (Å²) in [6.07, 6.45) is 4.39. The summed E-state index contributed by atoms with van der Waals surface area (Å²) in [6.45, 7) is 7.29.